The van der Waals surface area contributed by atoms with Gasteiger partial charge < -0.3 is 15.0 Å². The molecule has 2 aromatic carbocycles. The summed E-state index contributed by atoms with van der Waals surface area (Å²) >= 11 is 0. The highest BCUT2D eigenvalue weighted by Crippen LogP contribution is 2.18. The second-order valence-corrected chi connectivity index (χ2v) is 6.16. The van der Waals surface area contributed by atoms with Crippen molar-refractivity contribution in [2.24, 2.45) is 0 Å². The summed E-state index contributed by atoms with van der Waals surface area (Å²) in [6, 6.07) is 16.5. The second-order valence-electron chi connectivity index (χ2n) is 6.16. The Kier molecular flexibility index (Phi) is 4.57. The van der Waals surface area contributed by atoms with Crippen LogP contribution >= 0.6 is 0 Å². The minimum Gasteiger partial charge on any atom is -0.448 e. The van der Waals surface area contributed by atoms with Gasteiger partial charge in [0.05, 0.1) is 17.8 Å². The molecule has 2 heterocycles. The molecule has 4 rings (SSSR count). The van der Waals surface area contributed by atoms with Crippen LogP contribution in [0.25, 0.3) is 5.69 Å². The van der Waals surface area contributed by atoms with E-state index in [0.717, 1.165) is 5.56 Å². The van der Waals surface area contributed by atoms with Gasteiger partial charge in [-0.1, -0.05) is 24.3 Å². The predicted molar refractivity (Wildman–Crippen MR) is 99.7 cm³/mol. The van der Waals surface area contributed by atoms with Crippen molar-refractivity contribution < 1.29 is 14.3 Å². The van der Waals surface area contributed by atoms with Crippen LogP contribution in [0.3, 0.4) is 0 Å². The molecule has 2 amide bonds. The molecular formula is C20H18N4O3. The summed E-state index contributed by atoms with van der Waals surface area (Å²) in [4.78, 5) is 26.0. The first-order valence-electron chi connectivity index (χ1n) is 8.62. The zero-order valence-electron chi connectivity index (χ0n) is 14.5. The number of nitrogens with zero attached hydrogens (tertiary/aromatic N) is 3. The molecule has 1 aromatic heterocycles. The molecule has 7 nitrogen and oxygen atoms in total. The Balaban J connectivity index is 1.52. The standard InChI is InChI=1S/C20H18N4O3/c25-19(17-7-1-2-8-18(17)24-10-4-9-21-24)22-16-6-3-5-15(13-16)14-23-11-12-27-20(23)26/h1-10,13H,11-12,14H2,(H,22,25). The molecule has 0 atom stereocenters. The van der Waals surface area contributed by atoms with Crippen LogP contribution in [-0.2, 0) is 11.3 Å². The van der Waals surface area contributed by atoms with Crippen molar-refractivity contribution in [2.75, 3.05) is 18.5 Å². The first-order chi connectivity index (χ1) is 13.2. The summed E-state index contributed by atoms with van der Waals surface area (Å²) in [5.41, 5.74) is 2.82. The highest BCUT2D eigenvalue weighted by molar-refractivity contribution is 6.06. The quantitative estimate of drug-likeness (QED) is 0.757. The Morgan fingerprint density at radius 3 is 2.81 bits per heavy atom. The predicted octanol–water partition coefficient (Wildman–Crippen LogP) is 3.08. The third-order valence-electron chi connectivity index (χ3n) is 4.30. The van der Waals surface area contributed by atoms with E-state index < -0.39 is 0 Å². The zero-order chi connectivity index (χ0) is 18.6. The number of rotatable bonds is 5. The lowest BCUT2D eigenvalue weighted by Crippen LogP contribution is -2.23. The van der Waals surface area contributed by atoms with Gasteiger partial charge in [0.1, 0.15) is 6.61 Å². The summed E-state index contributed by atoms with van der Waals surface area (Å²) in [6.45, 7) is 1.44. The fourth-order valence-corrected chi connectivity index (χ4v) is 3.01. The highest BCUT2D eigenvalue weighted by atomic mass is 16.6. The van der Waals surface area contributed by atoms with Crippen molar-refractivity contribution in [1.82, 2.24) is 14.7 Å². The van der Waals surface area contributed by atoms with E-state index in [2.05, 4.69) is 10.4 Å². The molecule has 7 heteroatoms. The lowest BCUT2D eigenvalue weighted by atomic mass is 10.1. The normalized spacial score (nSPS) is 13.5. The minimum absolute atomic E-state index is 0.223. The van der Waals surface area contributed by atoms with Gasteiger partial charge in [0, 0.05) is 24.6 Å². The number of anilines is 1. The van der Waals surface area contributed by atoms with Crippen LogP contribution < -0.4 is 5.32 Å². The molecule has 0 bridgehead atoms. The fraction of sp³-hybridized carbons (Fsp3) is 0.150. The maximum absolute atomic E-state index is 12.8. The van der Waals surface area contributed by atoms with Crippen LogP contribution in [0.5, 0.6) is 0 Å². The summed E-state index contributed by atoms with van der Waals surface area (Å²) in [5.74, 6) is -0.223. The first kappa shape index (κ1) is 16.8. The number of carbonyl (C=O) groups excluding carboxylic acids is 2. The Morgan fingerprint density at radius 2 is 2.04 bits per heavy atom. The molecule has 0 saturated carbocycles. The first-order valence-corrected chi connectivity index (χ1v) is 8.62. The van der Waals surface area contributed by atoms with Crippen LogP contribution in [-0.4, -0.2) is 39.8 Å². The van der Waals surface area contributed by atoms with E-state index >= 15 is 0 Å². The second kappa shape index (κ2) is 7.33. The molecule has 1 aliphatic rings. The van der Waals surface area contributed by atoms with Crippen molar-refractivity contribution >= 4 is 17.7 Å². The summed E-state index contributed by atoms with van der Waals surface area (Å²) < 4.78 is 6.60. The molecule has 0 aliphatic carbocycles. The summed E-state index contributed by atoms with van der Waals surface area (Å²) in [6.07, 6.45) is 3.15. The number of para-hydroxylation sites is 1. The zero-order valence-corrected chi connectivity index (χ0v) is 14.5. The maximum Gasteiger partial charge on any atom is 0.410 e. The largest absolute Gasteiger partial charge is 0.448 e. The molecular weight excluding hydrogens is 344 g/mol. The van der Waals surface area contributed by atoms with Gasteiger partial charge in [-0.3, -0.25) is 4.79 Å². The average molecular weight is 362 g/mol. The van der Waals surface area contributed by atoms with E-state index in [-0.39, 0.29) is 12.0 Å². The van der Waals surface area contributed by atoms with Crippen molar-refractivity contribution in [3.63, 3.8) is 0 Å². The molecule has 0 unspecified atom stereocenters. The van der Waals surface area contributed by atoms with Crippen LogP contribution in [0.1, 0.15) is 15.9 Å². The number of nitrogens with one attached hydrogen (secondary N) is 1. The van der Waals surface area contributed by atoms with Gasteiger partial charge in [-0.05, 0) is 35.9 Å². The van der Waals surface area contributed by atoms with Crippen molar-refractivity contribution in [2.45, 2.75) is 6.54 Å². The third-order valence-corrected chi connectivity index (χ3v) is 4.30. The smallest absolute Gasteiger partial charge is 0.410 e. The number of hydrogen-bond donors (Lipinski definition) is 1. The highest BCUT2D eigenvalue weighted by Gasteiger charge is 2.22. The number of aromatic nitrogens is 2. The lowest BCUT2D eigenvalue weighted by Gasteiger charge is -2.14. The molecule has 0 spiro atoms. The van der Waals surface area contributed by atoms with Gasteiger partial charge in [0.2, 0.25) is 0 Å². The van der Waals surface area contributed by atoms with Crippen LogP contribution in [0.2, 0.25) is 0 Å². The van der Waals surface area contributed by atoms with Crippen LogP contribution in [0.15, 0.2) is 67.0 Å². The van der Waals surface area contributed by atoms with E-state index in [4.69, 9.17) is 4.74 Å². The van der Waals surface area contributed by atoms with E-state index in [9.17, 15) is 9.59 Å². The summed E-state index contributed by atoms with van der Waals surface area (Å²) in [7, 11) is 0. The molecule has 1 N–H and O–H groups in total. The average Bonchev–Trinajstić information content (AvgIpc) is 3.35. The Morgan fingerprint density at radius 1 is 1.15 bits per heavy atom. The Hall–Kier alpha value is -3.61. The van der Waals surface area contributed by atoms with E-state index in [1.165, 1.54) is 0 Å². The Labute approximate surface area is 156 Å². The summed E-state index contributed by atoms with van der Waals surface area (Å²) in [5, 5.41) is 7.12. The van der Waals surface area contributed by atoms with Crippen molar-refractivity contribution in [3.05, 3.63) is 78.1 Å². The minimum atomic E-state index is -0.308. The molecule has 1 aliphatic heterocycles. The van der Waals surface area contributed by atoms with Gasteiger partial charge in [-0.25, -0.2) is 9.48 Å². The van der Waals surface area contributed by atoms with E-state index in [0.29, 0.717) is 36.6 Å². The van der Waals surface area contributed by atoms with Crippen molar-refractivity contribution in [3.8, 4) is 5.69 Å². The number of amides is 2. The molecule has 1 fully saturated rings. The number of ether oxygens (including phenoxy) is 1. The number of carbonyl (C=O) groups is 2. The SMILES string of the molecule is O=C(Nc1cccc(CN2CCOC2=O)c1)c1ccccc1-n1cccn1. The van der Waals surface area contributed by atoms with E-state index in [1.807, 2.05) is 48.5 Å². The molecule has 3 aromatic rings. The van der Waals surface area contributed by atoms with Gasteiger partial charge in [-0.15, -0.1) is 0 Å². The fourth-order valence-electron chi connectivity index (χ4n) is 3.01. The number of cyclic esters (lactones) is 1. The monoisotopic (exact) mass is 362 g/mol. The van der Waals surface area contributed by atoms with Gasteiger partial charge in [0.25, 0.3) is 5.91 Å². The molecule has 27 heavy (non-hydrogen) atoms. The number of benzene rings is 2. The molecule has 1 saturated heterocycles. The third kappa shape index (κ3) is 3.67. The van der Waals surface area contributed by atoms with Gasteiger partial charge >= 0.3 is 6.09 Å². The Bertz CT molecular complexity index is 969. The molecule has 136 valence electrons. The van der Waals surface area contributed by atoms with Crippen LogP contribution in [0, 0.1) is 0 Å². The van der Waals surface area contributed by atoms with Crippen molar-refractivity contribution in [1.29, 1.82) is 0 Å². The molecule has 0 radical (unpaired) electrons. The lowest BCUT2D eigenvalue weighted by molar-refractivity contribution is 0.102. The van der Waals surface area contributed by atoms with Crippen LogP contribution in [0.4, 0.5) is 10.5 Å². The number of hydrogen-bond acceptors (Lipinski definition) is 4. The topological polar surface area (TPSA) is 76.5 Å². The van der Waals surface area contributed by atoms with Gasteiger partial charge in [-0.2, -0.15) is 5.10 Å². The van der Waals surface area contributed by atoms with E-state index in [1.54, 1.807) is 28.0 Å². The van der Waals surface area contributed by atoms with Gasteiger partial charge in [0.15, 0.2) is 0 Å². The maximum atomic E-state index is 12.8.